The first-order valence-corrected chi connectivity index (χ1v) is 8.42. The molecule has 25 heavy (non-hydrogen) atoms. The minimum Gasteiger partial charge on any atom is -0.368 e. The standard InChI is InChI=1S/C18H20N6O/c1-13-16(12-24-18(19-13)20-14(2)21-24)17(25)23-10-8-22(9-11-23)15-6-4-3-5-7-15/h3-7,12H,8-11H2,1-2H3. The summed E-state index contributed by atoms with van der Waals surface area (Å²) >= 11 is 0. The van der Waals surface area contributed by atoms with E-state index >= 15 is 0 Å². The number of piperazine rings is 1. The second-order valence-electron chi connectivity index (χ2n) is 6.26. The number of carbonyl (C=O) groups is 1. The van der Waals surface area contributed by atoms with Crippen molar-refractivity contribution in [2.24, 2.45) is 0 Å². The van der Waals surface area contributed by atoms with Gasteiger partial charge in [0.1, 0.15) is 5.82 Å². The fraction of sp³-hybridized carbons (Fsp3) is 0.333. The number of amides is 1. The van der Waals surface area contributed by atoms with E-state index in [0.29, 0.717) is 35.9 Å². The van der Waals surface area contributed by atoms with Crippen molar-refractivity contribution >= 4 is 17.4 Å². The summed E-state index contributed by atoms with van der Waals surface area (Å²) in [6.45, 7) is 6.70. The third kappa shape index (κ3) is 2.93. The highest BCUT2D eigenvalue weighted by atomic mass is 16.2. The Hall–Kier alpha value is -2.96. The molecule has 3 aromatic rings. The summed E-state index contributed by atoms with van der Waals surface area (Å²) in [5, 5.41) is 4.26. The number of carbonyl (C=O) groups excluding carboxylic acids is 1. The van der Waals surface area contributed by atoms with Gasteiger partial charge in [0.15, 0.2) is 0 Å². The minimum atomic E-state index is 0.00719. The third-order valence-electron chi connectivity index (χ3n) is 4.55. The molecule has 3 heterocycles. The van der Waals surface area contributed by atoms with Gasteiger partial charge in [-0.25, -0.2) is 9.50 Å². The summed E-state index contributed by atoms with van der Waals surface area (Å²) in [5.74, 6) is 1.18. The number of benzene rings is 1. The molecule has 0 atom stereocenters. The molecule has 0 saturated carbocycles. The maximum atomic E-state index is 12.9. The van der Waals surface area contributed by atoms with E-state index in [-0.39, 0.29) is 5.91 Å². The van der Waals surface area contributed by atoms with Gasteiger partial charge in [0.05, 0.1) is 11.3 Å². The number of anilines is 1. The number of rotatable bonds is 2. The van der Waals surface area contributed by atoms with Crippen molar-refractivity contribution in [3.05, 3.63) is 53.6 Å². The largest absolute Gasteiger partial charge is 0.368 e. The van der Waals surface area contributed by atoms with E-state index in [1.54, 1.807) is 10.7 Å². The lowest BCUT2D eigenvalue weighted by atomic mass is 10.2. The molecule has 1 aromatic carbocycles. The van der Waals surface area contributed by atoms with Crippen LogP contribution < -0.4 is 4.90 Å². The molecule has 0 radical (unpaired) electrons. The number of para-hydroxylation sites is 1. The summed E-state index contributed by atoms with van der Waals surface area (Å²) in [4.78, 5) is 25.8. The first-order chi connectivity index (χ1) is 12.1. The Morgan fingerprint density at radius 3 is 2.44 bits per heavy atom. The number of nitrogens with zero attached hydrogens (tertiary/aromatic N) is 6. The van der Waals surface area contributed by atoms with Crippen molar-refractivity contribution in [3.63, 3.8) is 0 Å². The monoisotopic (exact) mass is 336 g/mol. The number of fused-ring (bicyclic) bond motifs is 1. The van der Waals surface area contributed by atoms with Gasteiger partial charge in [0, 0.05) is 38.1 Å². The summed E-state index contributed by atoms with van der Waals surface area (Å²) in [5.41, 5.74) is 2.48. The minimum absolute atomic E-state index is 0.00719. The van der Waals surface area contributed by atoms with Crippen LogP contribution in [0.3, 0.4) is 0 Å². The highest BCUT2D eigenvalue weighted by molar-refractivity contribution is 5.95. The maximum absolute atomic E-state index is 12.9. The van der Waals surface area contributed by atoms with Crippen LogP contribution in [-0.4, -0.2) is 56.6 Å². The molecule has 1 aliphatic heterocycles. The lowest BCUT2D eigenvalue weighted by Crippen LogP contribution is -2.49. The van der Waals surface area contributed by atoms with Crippen LogP contribution in [0.2, 0.25) is 0 Å². The van der Waals surface area contributed by atoms with Gasteiger partial charge < -0.3 is 9.80 Å². The van der Waals surface area contributed by atoms with E-state index in [2.05, 4.69) is 32.1 Å². The fourth-order valence-corrected chi connectivity index (χ4v) is 3.19. The van der Waals surface area contributed by atoms with E-state index in [0.717, 1.165) is 13.1 Å². The molecular formula is C18H20N6O. The van der Waals surface area contributed by atoms with Crippen molar-refractivity contribution in [3.8, 4) is 0 Å². The highest BCUT2D eigenvalue weighted by Crippen LogP contribution is 2.17. The average molecular weight is 336 g/mol. The molecule has 0 spiro atoms. The smallest absolute Gasteiger partial charge is 0.257 e. The Kier molecular flexibility index (Phi) is 3.83. The molecule has 0 N–H and O–H groups in total. The Bertz CT molecular complexity index is 912. The Labute approximate surface area is 145 Å². The van der Waals surface area contributed by atoms with E-state index in [1.807, 2.05) is 36.9 Å². The number of hydrogen-bond donors (Lipinski definition) is 0. The topological polar surface area (TPSA) is 66.6 Å². The first kappa shape index (κ1) is 15.6. The summed E-state index contributed by atoms with van der Waals surface area (Å²) in [6, 6.07) is 10.3. The van der Waals surface area contributed by atoms with Crippen LogP contribution in [0.5, 0.6) is 0 Å². The molecule has 0 aliphatic carbocycles. The Morgan fingerprint density at radius 1 is 1.00 bits per heavy atom. The lowest BCUT2D eigenvalue weighted by molar-refractivity contribution is 0.0745. The van der Waals surface area contributed by atoms with Crippen molar-refractivity contribution < 1.29 is 4.79 Å². The Balaban J connectivity index is 1.51. The lowest BCUT2D eigenvalue weighted by Gasteiger charge is -2.36. The van der Waals surface area contributed by atoms with Gasteiger partial charge in [0.25, 0.3) is 11.7 Å². The van der Waals surface area contributed by atoms with Crippen LogP contribution >= 0.6 is 0 Å². The number of hydrogen-bond acceptors (Lipinski definition) is 5. The van der Waals surface area contributed by atoms with Crippen molar-refractivity contribution in [1.29, 1.82) is 0 Å². The van der Waals surface area contributed by atoms with Crippen LogP contribution in [0.1, 0.15) is 21.9 Å². The molecule has 1 aliphatic rings. The molecule has 0 unspecified atom stereocenters. The van der Waals surface area contributed by atoms with Crippen molar-refractivity contribution in [2.75, 3.05) is 31.1 Å². The van der Waals surface area contributed by atoms with Gasteiger partial charge in [0.2, 0.25) is 0 Å². The van der Waals surface area contributed by atoms with Gasteiger partial charge in [-0.1, -0.05) is 18.2 Å². The zero-order valence-electron chi connectivity index (χ0n) is 14.4. The second kappa shape index (κ2) is 6.16. The Morgan fingerprint density at radius 2 is 1.72 bits per heavy atom. The predicted molar refractivity (Wildman–Crippen MR) is 94.8 cm³/mol. The molecule has 0 bridgehead atoms. The average Bonchev–Trinajstić information content (AvgIpc) is 3.00. The van der Waals surface area contributed by atoms with Gasteiger partial charge >= 0.3 is 0 Å². The zero-order valence-corrected chi connectivity index (χ0v) is 14.4. The van der Waals surface area contributed by atoms with Crippen LogP contribution in [0.15, 0.2) is 36.5 Å². The van der Waals surface area contributed by atoms with Crippen LogP contribution in [0, 0.1) is 13.8 Å². The second-order valence-corrected chi connectivity index (χ2v) is 6.26. The van der Waals surface area contributed by atoms with Crippen LogP contribution in [0.25, 0.3) is 5.78 Å². The molecule has 4 rings (SSSR count). The fourth-order valence-electron chi connectivity index (χ4n) is 3.19. The van der Waals surface area contributed by atoms with E-state index < -0.39 is 0 Å². The molecule has 1 saturated heterocycles. The van der Waals surface area contributed by atoms with Crippen molar-refractivity contribution in [2.45, 2.75) is 13.8 Å². The van der Waals surface area contributed by atoms with Gasteiger partial charge in [-0.05, 0) is 26.0 Å². The van der Waals surface area contributed by atoms with E-state index in [4.69, 9.17) is 0 Å². The molecule has 7 nitrogen and oxygen atoms in total. The molecule has 2 aromatic heterocycles. The van der Waals surface area contributed by atoms with E-state index in [9.17, 15) is 4.79 Å². The predicted octanol–water partition coefficient (Wildman–Crippen LogP) is 1.70. The van der Waals surface area contributed by atoms with Gasteiger partial charge in [-0.3, -0.25) is 4.79 Å². The molecule has 1 amide bonds. The molecule has 1 fully saturated rings. The first-order valence-electron chi connectivity index (χ1n) is 8.42. The summed E-state index contributed by atoms with van der Waals surface area (Å²) in [7, 11) is 0. The normalized spacial score (nSPS) is 15.0. The molecule has 7 heteroatoms. The highest BCUT2D eigenvalue weighted by Gasteiger charge is 2.24. The SMILES string of the molecule is Cc1nc2nc(C)c(C(=O)N3CCN(c4ccccc4)CC3)cn2n1. The van der Waals surface area contributed by atoms with Gasteiger partial charge in [-0.2, -0.15) is 10.1 Å². The number of aryl methyl sites for hydroxylation is 2. The number of aromatic nitrogens is 4. The summed E-state index contributed by atoms with van der Waals surface area (Å²) < 4.78 is 1.58. The summed E-state index contributed by atoms with van der Waals surface area (Å²) in [6.07, 6.45) is 1.74. The van der Waals surface area contributed by atoms with Crippen molar-refractivity contribution in [1.82, 2.24) is 24.5 Å². The quantitative estimate of drug-likeness (QED) is 0.713. The zero-order chi connectivity index (χ0) is 17.4. The van der Waals surface area contributed by atoms with E-state index in [1.165, 1.54) is 5.69 Å². The maximum Gasteiger partial charge on any atom is 0.257 e. The van der Waals surface area contributed by atoms with Gasteiger partial charge in [-0.15, -0.1) is 0 Å². The third-order valence-corrected chi connectivity index (χ3v) is 4.55. The molecule has 128 valence electrons. The van der Waals surface area contributed by atoms with Crippen LogP contribution in [0.4, 0.5) is 5.69 Å². The van der Waals surface area contributed by atoms with Crippen LogP contribution in [-0.2, 0) is 0 Å². The molecular weight excluding hydrogens is 316 g/mol.